The maximum atomic E-state index is 12.0. The Morgan fingerprint density at radius 1 is 1.41 bits per heavy atom. The van der Waals surface area contributed by atoms with Gasteiger partial charge in [-0.25, -0.2) is 0 Å². The summed E-state index contributed by atoms with van der Waals surface area (Å²) in [5.41, 5.74) is 2.30. The molecule has 0 aromatic heterocycles. The average molecular weight is 234 g/mol. The standard InChI is InChI=1S/C14H18O3/c1-9(2)17-14(15)12-7-5-10-4-6-11(16-3)8-13(10)12/h4,6,8-9,12H,5,7H2,1-3H3/t12-/m0/s1. The second kappa shape index (κ2) is 4.78. The van der Waals surface area contributed by atoms with Crippen molar-refractivity contribution >= 4 is 5.97 Å². The number of fused-ring (bicyclic) bond motifs is 1. The number of hydrogen-bond acceptors (Lipinski definition) is 3. The summed E-state index contributed by atoms with van der Waals surface area (Å²) in [7, 11) is 1.64. The summed E-state index contributed by atoms with van der Waals surface area (Å²) in [6.45, 7) is 3.75. The van der Waals surface area contributed by atoms with Crippen molar-refractivity contribution in [1.29, 1.82) is 0 Å². The average Bonchev–Trinajstić information content (AvgIpc) is 2.70. The van der Waals surface area contributed by atoms with Gasteiger partial charge in [-0.2, -0.15) is 0 Å². The van der Waals surface area contributed by atoms with Gasteiger partial charge in [-0.05, 0) is 49.9 Å². The third-order valence-electron chi connectivity index (χ3n) is 3.07. The summed E-state index contributed by atoms with van der Waals surface area (Å²) in [4.78, 5) is 12.0. The van der Waals surface area contributed by atoms with Crippen molar-refractivity contribution in [3.8, 4) is 5.75 Å². The van der Waals surface area contributed by atoms with Crippen LogP contribution in [0, 0.1) is 0 Å². The number of methoxy groups -OCH3 is 1. The lowest BCUT2D eigenvalue weighted by Crippen LogP contribution is -2.18. The van der Waals surface area contributed by atoms with Crippen LogP contribution in [0.4, 0.5) is 0 Å². The van der Waals surface area contributed by atoms with Crippen molar-refractivity contribution in [2.75, 3.05) is 7.11 Å². The molecule has 0 N–H and O–H groups in total. The van der Waals surface area contributed by atoms with Crippen LogP contribution in [0.2, 0.25) is 0 Å². The number of hydrogen-bond donors (Lipinski definition) is 0. The van der Waals surface area contributed by atoms with Crippen LogP contribution in [-0.2, 0) is 16.0 Å². The van der Waals surface area contributed by atoms with Crippen molar-refractivity contribution in [1.82, 2.24) is 0 Å². The lowest BCUT2D eigenvalue weighted by molar-refractivity contribution is -0.149. The van der Waals surface area contributed by atoms with E-state index in [9.17, 15) is 4.79 Å². The zero-order valence-electron chi connectivity index (χ0n) is 10.5. The molecule has 92 valence electrons. The molecule has 0 spiro atoms. The van der Waals surface area contributed by atoms with E-state index in [4.69, 9.17) is 9.47 Å². The molecule has 0 fully saturated rings. The number of carbonyl (C=O) groups is 1. The molecule has 3 heteroatoms. The summed E-state index contributed by atoms with van der Waals surface area (Å²) in [5, 5.41) is 0. The summed E-state index contributed by atoms with van der Waals surface area (Å²) >= 11 is 0. The fourth-order valence-corrected chi connectivity index (χ4v) is 2.27. The molecular weight excluding hydrogens is 216 g/mol. The molecule has 0 unspecified atom stereocenters. The minimum absolute atomic E-state index is 0.0582. The minimum atomic E-state index is -0.123. The van der Waals surface area contributed by atoms with E-state index in [0.29, 0.717) is 0 Å². The SMILES string of the molecule is COc1ccc2c(c1)[C@@H](C(=O)OC(C)C)CC2. The third kappa shape index (κ3) is 2.43. The van der Waals surface area contributed by atoms with Gasteiger partial charge in [0, 0.05) is 0 Å². The fourth-order valence-electron chi connectivity index (χ4n) is 2.27. The molecule has 3 nitrogen and oxygen atoms in total. The van der Waals surface area contributed by atoms with Crippen LogP contribution in [0.1, 0.15) is 37.3 Å². The number of aryl methyl sites for hydroxylation is 1. The van der Waals surface area contributed by atoms with Gasteiger partial charge < -0.3 is 9.47 Å². The van der Waals surface area contributed by atoms with Crippen molar-refractivity contribution in [2.24, 2.45) is 0 Å². The van der Waals surface area contributed by atoms with E-state index in [-0.39, 0.29) is 18.0 Å². The van der Waals surface area contributed by atoms with E-state index < -0.39 is 0 Å². The molecule has 0 amide bonds. The maximum Gasteiger partial charge on any atom is 0.313 e. The molecule has 2 rings (SSSR count). The van der Waals surface area contributed by atoms with Crippen molar-refractivity contribution in [3.05, 3.63) is 29.3 Å². The summed E-state index contributed by atoms with van der Waals surface area (Å²) in [5.74, 6) is 0.558. The molecule has 0 heterocycles. The van der Waals surface area contributed by atoms with Gasteiger partial charge in [-0.15, -0.1) is 0 Å². The molecule has 1 aromatic rings. The van der Waals surface area contributed by atoms with Crippen LogP contribution < -0.4 is 4.74 Å². The van der Waals surface area contributed by atoms with Crippen LogP contribution >= 0.6 is 0 Å². The van der Waals surface area contributed by atoms with Gasteiger partial charge in [0.05, 0.1) is 19.1 Å². The number of esters is 1. The number of benzene rings is 1. The first kappa shape index (κ1) is 12.0. The van der Waals surface area contributed by atoms with E-state index in [0.717, 1.165) is 24.2 Å². The topological polar surface area (TPSA) is 35.5 Å². The number of carbonyl (C=O) groups excluding carboxylic acids is 1. The van der Waals surface area contributed by atoms with Gasteiger partial charge in [-0.1, -0.05) is 6.07 Å². The predicted octanol–water partition coefficient (Wildman–Crippen LogP) is 2.68. The zero-order chi connectivity index (χ0) is 12.4. The van der Waals surface area contributed by atoms with Gasteiger partial charge in [0.25, 0.3) is 0 Å². The van der Waals surface area contributed by atoms with E-state index in [1.807, 2.05) is 32.0 Å². The highest BCUT2D eigenvalue weighted by atomic mass is 16.5. The van der Waals surface area contributed by atoms with Gasteiger partial charge in [0.1, 0.15) is 5.75 Å². The van der Waals surface area contributed by atoms with E-state index in [1.165, 1.54) is 5.56 Å². The Hall–Kier alpha value is -1.51. The molecule has 0 radical (unpaired) electrons. The van der Waals surface area contributed by atoms with E-state index in [1.54, 1.807) is 7.11 Å². The highest BCUT2D eigenvalue weighted by Crippen LogP contribution is 2.36. The van der Waals surface area contributed by atoms with Crippen LogP contribution in [0.15, 0.2) is 18.2 Å². The van der Waals surface area contributed by atoms with E-state index in [2.05, 4.69) is 0 Å². The second-order valence-electron chi connectivity index (χ2n) is 4.64. The summed E-state index contributed by atoms with van der Waals surface area (Å²) in [6.07, 6.45) is 1.72. The highest BCUT2D eigenvalue weighted by Gasteiger charge is 2.30. The largest absolute Gasteiger partial charge is 0.497 e. The molecule has 17 heavy (non-hydrogen) atoms. The van der Waals surface area contributed by atoms with Crippen LogP contribution in [0.5, 0.6) is 5.75 Å². The summed E-state index contributed by atoms with van der Waals surface area (Å²) in [6, 6.07) is 5.93. The van der Waals surface area contributed by atoms with Crippen LogP contribution in [-0.4, -0.2) is 19.2 Å². The number of rotatable bonds is 3. The predicted molar refractivity (Wildman–Crippen MR) is 65.3 cm³/mol. The molecule has 0 aliphatic heterocycles. The molecule has 0 bridgehead atoms. The first-order valence-corrected chi connectivity index (χ1v) is 5.99. The fraction of sp³-hybridized carbons (Fsp3) is 0.500. The quantitative estimate of drug-likeness (QED) is 0.754. The molecular formula is C14H18O3. The lowest BCUT2D eigenvalue weighted by atomic mass is 10.0. The van der Waals surface area contributed by atoms with Crippen LogP contribution in [0.25, 0.3) is 0 Å². The molecule has 1 aliphatic carbocycles. The third-order valence-corrected chi connectivity index (χ3v) is 3.07. The Balaban J connectivity index is 2.23. The first-order chi connectivity index (χ1) is 8.11. The second-order valence-corrected chi connectivity index (χ2v) is 4.64. The van der Waals surface area contributed by atoms with Gasteiger partial charge in [-0.3, -0.25) is 4.79 Å². The minimum Gasteiger partial charge on any atom is -0.497 e. The Bertz CT molecular complexity index is 423. The summed E-state index contributed by atoms with van der Waals surface area (Å²) < 4.78 is 10.5. The van der Waals surface area contributed by atoms with Gasteiger partial charge in [0.2, 0.25) is 0 Å². The van der Waals surface area contributed by atoms with Crippen molar-refractivity contribution < 1.29 is 14.3 Å². The Morgan fingerprint density at radius 3 is 2.82 bits per heavy atom. The first-order valence-electron chi connectivity index (χ1n) is 5.99. The molecule has 1 aromatic carbocycles. The van der Waals surface area contributed by atoms with Gasteiger partial charge >= 0.3 is 5.97 Å². The van der Waals surface area contributed by atoms with E-state index >= 15 is 0 Å². The highest BCUT2D eigenvalue weighted by molar-refractivity contribution is 5.80. The van der Waals surface area contributed by atoms with Gasteiger partial charge in [0.15, 0.2) is 0 Å². The molecule has 1 atom stereocenters. The van der Waals surface area contributed by atoms with Crippen LogP contribution in [0.3, 0.4) is 0 Å². The molecule has 0 saturated heterocycles. The lowest BCUT2D eigenvalue weighted by Gasteiger charge is -2.14. The number of ether oxygens (including phenoxy) is 2. The zero-order valence-corrected chi connectivity index (χ0v) is 10.5. The normalized spacial score (nSPS) is 18.0. The maximum absolute atomic E-state index is 12.0. The Kier molecular flexibility index (Phi) is 3.36. The Labute approximate surface area is 102 Å². The Morgan fingerprint density at radius 2 is 2.18 bits per heavy atom. The molecule has 0 saturated carbocycles. The van der Waals surface area contributed by atoms with Crippen molar-refractivity contribution in [3.63, 3.8) is 0 Å². The van der Waals surface area contributed by atoms with Crippen molar-refractivity contribution in [2.45, 2.75) is 38.7 Å². The molecule has 1 aliphatic rings. The smallest absolute Gasteiger partial charge is 0.313 e. The monoisotopic (exact) mass is 234 g/mol.